The van der Waals surface area contributed by atoms with Gasteiger partial charge in [0.1, 0.15) is 0 Å². The molecular weight excluding hydrogens is 148 g/mol. The monoisotopic (exact) mass is 167 g/mol. The fourth-order valence-electron chi connectivity index (χ4n) is 1.11. The minimum Gasteiger partial charge on any atom is -0.291 e. The summed E-state index contributed by atoms with van der Waals surface area (Å²) in [6.45, 7) is 4.24. The number of hydrogen-bond donors (Lipinski definition) is 0. The summed E-state index contributed by atoms with van der Waals surface area (Å²) >= 11 is 0. The van der Waals surface area contributed by atoms with Gasteiger partial charge in [-0.25, -0.2) is 0 Å². The Morgan fingerprint density at radius 1 is 1.42 bits per heavy atom. The quantitative estimate of drug-likeness (QED) is 0.420. The summed E-state index contributed by atoms with van der Waals surface area (Å²) in [5.41, 5.74) is 0. The van der Waals surface area contributed by atoms with Crippen molar-refractivity contribution in [3.63, 3.8) is 0 Å². The van der Waals surface area contributed by atoms with Crippen molar-refractivity contribution in [2.75, 3.05) is 0 Å². The van der Waals surface area contributed by atoms with Crippen molar-refractivity contribution in [2.45, 2.75) is 46.0 Å². The van der Waals surface area contributed by atoms with Gasteiger partial charge < -0.3 is 0 Å². The second kappa shape index (κ2) is 8.51. The molecule has 1 radical (unpaired) electrons. The Morgan fingerprint density at radius 2 is 2.17 bits per heavy atom. The number of carbonyl (C=O) groups excluding carboxylic acids is 1. The third kappa shape index (κ3) is 7.52. The van der Waals surface area contributed by atoms with Gasteiger partial charge >= 0.3 is 0 Å². The van der Waals surface area contributed by atoms with Crippen LogP contribution in [-0.2, 0) is 4.79 Å². The average molecular weight is 167 g/mol. The smallest absolute Gasteiger partial charge is 0.198 e. The zero-order valence-electron chi connectivity index (χ0n) is 8.18. The molecule has 1 atom stereocenters. The van der Waals surface area contributed by atoms with E-state index in [4.69, 9.17) is 0 Å². The van der Waals surface area contributed by atoms with Crippen LogP contribution in [0.15, 0.2) is 12.2 Å². The molecular formula is C11H19O. The van der Waals surface area contributed by atoms with Gasteiger partial charge in [0.15, 0.2) is 6.29 Å². The molecule has 0 aliphatic rings. The van der Waals surface area contributed by atoms with E-state index in [1.165, 1.54) is 6.42 Å². The number of allylic oxidation sites excluding steroid dienone is 2. The molecule has 12 heavy (non-hydrogen) atoms. The van der Waals surface area contributed by atoms with Crippen molar-refractivity contribution >= 4 is 6.29 Å². The molecule has 0 aromatic heterocycles. The van der Waals surface area contributed by atoms with E-state index in [1.807, 2.05) is 6.29 Å². The first-order valence-corrected chi connectivity index (χ1v) is 4.81. The lowest BCUT2D eigenvalue weighted by molar-refractivity contribution is 0.494. The highest BCUT2D eigenvalue weighted by atomic mass is 16.1. The molecule has 0 aliphatic heterocycles. The first-order valence-electron chi connectivity index (χ1n) is 4.81. The topological polar surface area (TPSA) is 17.1 Å². The molecule has 0 bridgehead atoms. The van der Waals surface area contributed by atoms with E-state index in [0.717, 1.165) is 19.3 Å². The number of hydrogen-bond acceptors (Lipinski definition) is 1. The van der Waals surface area contributed by atoms with Gasteiger partial charge in [-0.15, -0.1) is 0 Å². The predicted molar refractivity (Wildman–Crippen MR) is 52.8 cm³/mol. The molecule has 0 saturated carbocycles. The van der Waals surface area contributed by atoms with Crippen LogP contribution in [0.1, 0.15) is 46.0 Å². The minimum atomic E-state index is 0.512. The zero-order valence-corrected chi connectivity index (χ0v) is 8.18. The molecule has 0 heterocycles. The summed E-state index contributed by atoms with van der Waals surface area (Å²) < 4.78 is 0. The third-order valence-corrected chi connectivity index (χ3v) is 1.90. The van der Waals surface area contributed by atoms with Crippen LogP contribution in [0.3, 0.4) is 0 Å². The van der Waals surface area contributed by atoms with Crippen molar-refractivity contribution in [3.05, 3.63) is 12.2 Å². The Labute approximate surface area is 75.9 Å². The Bertz CT molecular complexity index is 127. The van der Waals surface area contributed by atoms with Crippen molar-refractivity contribution in [1.82, 2.24) is 0 Å². The van der Waals surface area contributed by atoms with Crippen LogP contribution in [0.4, 0.5) is 0 Å². The fourth-order valence-corrected chi connectivity index (χ4v) is 1.11. The number of unbranched alkanes of at least 4 members (excludes halogenated alkanes) is 1. The van der Waals surface area contributed by atoms with Gasteiger partial charge in [0.25, 0.3) is 0 Å². The summed E-state index contributed by atoms with van der Waals surface area (Å²) in [4.78, 5) is 10.0. The van der Waals surface area contributed by atoms with Gasteiger partial charge in [-0.1, -0.05) is 26.0 Å². The highest BCUT2D eigenvalue weighted by molar-refractivity contribution is 5.50. The Hall–Kier alpha value is -0.590. The highest BCUT2D eigenvalue weighted by Crippen LogP contribution is 2.10. The van der Waals surface area contributed by atoms with Crippen molar-refractivity contribution < 1.29 is 4.79 Å². The lowest BCUT2D eigenvalue weighted by Gasteiger charge is -2.04. The van der Waals surface area contributed by atoms with Crippen LogP contribution in [0.25, 0.3) is 0 Å². The van der Waals surface area contributed by atoms with Gasteiger partial charge in [-0.3, -0.25) is 4.79 Å². The van der Waals surface area contributed by atoms with E-state index < -0.39 is 0 Å². The lowest BCUT2D eigenvalue weighted by Crippen LogP contribution is -1.94. The van der Waals surface area contributed by atoms with E-state index in [1.54, 1.807) is 0 Å². The summed E-state index contributed by atoms with van der Waals surface area (Å²) in [5.74, 6) is 0.512. The molecule has 1 unspecified atom stereocenters. The van der Waals surface area contributed by atoms with Crippen molar-refractivity contribution in [3.8, 4) is 0 Å². The Balaban J connectivity index is 3.18. The van der Waals surface area contributed by atoms with Crippen LogP contribution in [0.5, 0.6) is 0 Å². The second-order valence-corrected chi connectivity index (χ2v) is 3.26. The first-order chi connectivity index (χ1) is 5.81. The van der Waals surface area contributed by atoms with Crippen LogP contribution in [0.2, 0.25) is 0 Å². The van der Waals surface area contributed by atoms with Gasteiger partial charge in [0.05, 0.1) is 0 Å². The molecule has 0 fully saturated rings. The Morgan fingerprint density at radius 3 is 2.75 bits per heavy atom. The van der Waals surface area contributed by atoms with Gasteiger partial charge in [0.2, 0.25) is 0 Å². The van der Waals surface area contributed by atoms with E-state index >= 15 is 0 Å². The lowest BCUT2D eigenvalue weighted by atomic mass is 10.0. The minimum absolute atomic E-state index is 0.512. The number of rotatable bonds is 7. The predicted octanol–water partition coefficient (Wildman–Crippen LogP) is 3.26. The molecule has 0 saturated heterocycles. The van der Waals surface area contributed by atoms with Gasteiger partial charge in [0, 0.05) is 6.42 Å². The molecule has 0 rings (SSSR count). The van der Waals surface area contributed by atoms with E-state index in [2.05, 4.69) is 26.0 Å². The SMILES string of the molecule is CC/C=C/CCCC(C)C[C]=O. The molecule has 69 valence electrons. The van der Waals surface area contributed by atoms with E-state index in [9.17, 15) is 4.79 Å². The summed E-state index contributed by atoms with van der Waals surface area (Å²) in [6.07, 6.45) is 11.6. The van der Waals surface area contributed by atoms with Crippen LogP contribution >= 0.6 is 0 Å². The van der Waals surface area contributed by atoms with Gasteiger partial charge in [-0.2, -0.15) is 0 Å². The highest BCUT2D eigenvalue weighted by Gasteiger charge is 1.99. The molecule has 0 aromatic rings. The van der Waals surface area contributed by atoms with Crippen molar-refractivity contribution in [1.29, 1.82) is 0 Å². The average Bonchev–Trinajstić information content (AvgIpc) is 2.05. The molecule has 1 nitrogen and oxygen atoms in total. The molecule has 0 aliphatic carbocycles. The van der Waals surface area contributed by atoms with Crippen LogP contribution in [-0.4, -0.2) is 6.29 Å². The maximum atomic E-state index is 10.0. The molecule has 0 amide bonds. The third-order valence-electron chi connectivity index (χ3n) is 1.90. The molecule has 1 heteroatoms. The summed E-state index contributed by atoms with van der Waals surface area (Å²) in [6, 6.07) is 0. The van der Waals surface area contributed by atoms with Gasteiger partial charge in [-0.05, 0) is 31.6 Å². The largest absolute Gasteiger partial charge is 0.291 e. The zero-order chi connectivity index (χ0) is 9.23. The molecule has 0 spiro atoms. The maximum Gasteiger partial charge on any atom is 0.198 e. The summed E-state index contributed by atoms with van der Waals surface area (Å²) in [7, 11) is 0. The summed E-state index contributed by atoms with van der Waals surface area (Å²) in [5, 5.41) is 0. The Kier molecular flexibility index (Phi) is 8.09. The normalized spacial score (nSPS) is 13.5. The van der Waals surface area contributed by atoms with E-state index in [0.29, 0.717) is 12.3 Å². The molecule has 0 aromatic carbocycles. The molecule has 0 N–H and O–H groups in total. The maximum absolute atomic E-state index is 10.0. The standard InChI is InChI=1S/C11H19O/c1-3-4-5-6-7-8-11(2)9-10-12/h4-5,11H,3,6-9H2,1-2H3/b5-4+. The van der Waals surface area contributed by atoms with Crippen molar-refractivity contribution in [2.24, 2.45) is 5.92 Å². The second-order valence-electron chi connectivity index (χ2n) is 3.26. The fraction of sp³-hybridized carbons (Fsp3) is 0.727. The van der Waals surface area contributed by atoms with Crippen LogP contribution < -0.4 is 0 Å². The van der Waals surface area contributed by atoms with E-state index in [-0.39, 0.29) is 0 Å². The first kappa shape index (κ1) is 11.4. The van der Waals surface area contributed by atoms with Crippen LogP contribution in [0, 0.1) is 5.92 Å².